The van der Waals surface area contributed by atoms with Crippen LogP contribution < -0.4 is 11.5 Å². The number of nitrogens with zero attached hydrogens (tertiary/aromatic N) is 1. The third-order valence-corrected chi connectivity index (χ3v) is 0.566. The second kappa shape index (κ2) is 5.55. The van der Waals surface area contributed by atoms with Gasteiger partial charge in [-0.1, -0.05) is 6.07 Å². The van der Waals surface area contributed by atoms with Gasteiger partial charge in [0.15, 0.2) is 0 Å². The van der Waals surface area contributed by atoms with Gasteiger partial charge >= 0.3 is 6.03 Å². The van der Waals surface area contributed by atoms with Crippen molar-refractivity contribution in [3.05, 3.63) is 30.6 Å². The minimum absolute atomic E-state index is 0.833. The molecule has 0 radical (unpaired) electrons. The Bertz CT molecular complexity index is 145. The molecule has 0 aliphatic rings. The van der Waals surface area contributed by atoms with Crippen LogP contribution in [0.2, 0.25) is 0 Å². The molecule has 0 saturated carbocycles. The molecule has 0 saturated heterocycles. The Morgan fingerprint density at radius 2 is 1.50 bits per heavy atom. The highest BCUT2D eigenvalue weighted by Crippen LogP contribution is 1.73. The molecule has 0 unspecified atom stereocenters. The number of amides is 2. The van der Waals surface area contributed by atoms with E-state index >= 15 is 0 Å². The Kier molecular flexibility index (Phi) is 4.68. The molecule has 0 aliphatic carbocycles. The fourth-order valence-corrected chi connectivity index (χ4v) is 0.313. The molecule has 1 aromatic rings. The molecule has 1 aromatic heterocycles. The van der Waals surface area contributed by atoms with Gasteiger partial charge in [0.1, 0.15) is 0 Å². The molecule has 0 bridgehead atoms. The molecule has 4 nitrogen and oxygen atoms in total. The van der Waals surface area contributed by atoms with Gasteiger partial charge in [0.25, 0.3) is 0 Å². The van der Waals surface area contributed by atoms with Crippen LogP contribution >= 0.6 is 0 Å². The summed E-state index contributed by atoms with van der Waals surface area (Å²) >= 11 is 0. The lowest BCUT2D eigenvalue weighted by atomic mass is 10.5. The summed E-state index contributed by atoms with van der Waals surface area (Å²) in [7, 11) is 0. The molecular weight excluding hydrogens is 130 g/mol. The van der Waals surface area contributed by atoms with Gasteiger partial charge in [-0.15, -0.1) is 0 Å². The third-order valence-electron chi connectivity index (χ3n) is 0.566. The lowest BCUT2D eigenvalue weighted by molar-refractivity contribution is 0.256. The molecule has 54 valence electrons. The Labute approximate surface area is 58.9 Å². The maximum atomic E-state index is 9.00. The van der Waals surface area contributed by atoms with Gasteiger partial charge in [-0.05, 0) is 12.1 Å². The first-order valence-electron chi connectivity index (χ1n) is 2.63. The Morgan fingerprint density at radius 3 is 1.60 bits per heavy atom. The number of primary amides is 2. The molecular formula is C6H9N3O. The van der Waals surface area contributed by atoms with Crippen LogP contribution in [0.1, 0.15) is 0 Å². The number of carbonyl (C=O) groups is 1. The van der Waals surface area contributed by atoms with Gasteiger partial charge in [-0.25, -0.2) is 4.79 Å². The van der Waals surface area contributed by atoms with E-state index in [9.17, 15) is 0 Å². The third kappa shape index (κ3) is 9.65. The number of carbonyl (C=O) groups excluding carboxylic acids is 1. The summed E-state index contributed by atoms with van der Waals surface area (Å²) in [6.07, 6.45) is 3.50. The van der Waals surface area contributed by atoms with Crippen molar-refractivity contribution in [2.75, 3.05) is 0 Å². The lowest BCUT2D eigenvalue weighted by Crippen LogP contribution is -2.18. The zero-order chi connectivity index (χ0) is 7.82. The van der Waals surface area contributed by atoms with Crippen molar-refractivity contribution in [2.24, 2.45) is 11.5 Å². The van der Waals surface area contributed by atoms with Crippen LogP contribution in [0, 0.1) is 0 Å². The van der Waals surface area contributed by atoms with E-state index in [4.69, 9.17) is 4.79 Å². The number of nitrogens with two attached hydrogens (primary N) is 2. The Hall–Kier alpha value is -1.58. The summed E-state index contributed by atoms with van der Waals surface area (Å²) < 4.78 is 0. The van der Waals surface area contributed by atoms with E-state index in [-0.39, 0.29) is 0 Å². The van der Waals surface area contributed by atoms with Gasteiger partial charge in [0, 0.05) is 12.4 Å². The first-order valence-corrected chi connectivity index (χ1v) is 2.63. The highest BCUT2D eigenvalue weighted by molar-refractivity contribution is 5.69. The van der Waals surface area contributed by atoms with Crippen molar-refractivity contribution in [3.63, 3.8) is 0 Å². The number of hydrogen-bond donors (Lipinski definition) is 2. The van der Waals surface area contributed by atoms with Gasteiger partial charge < -0.3 is 11.5 Å². The first-order chi connectivity index (χ1) is 4.73. The molecule has 2 amide bonds. The smallest absolute Gasteiger partial charge is 0.309 e. The molecule has 0 aliphatic heterocycles. The van der Waals surface area contributed by atoms with Gasteiger partial charge in [-0.2, -0.15) is 0 Å². The second-order valence-corrected chi connectivity index (χ2v) is 1.43. The van der Waals surface area contributed by atoms with Crippen LogP contribution in [0.3, 0.4) is 0 Å². The predicted molar refractivity (Wildman–Crippen MR) is 38.0 cm³/mol. The monoisotopic (exact) mass is 139 g/mol. The average Bonchev–Trinajstić information content (AvgIpc) is 1.90. The van der Waals surface area contributed by atoms with E-state index in [0.717, 1.165) is 0 Å². The average molecular weight is 139 g/mol. The molecule has 0 spiro atoms. The molecule has 1 rings (SSSR count). The van der Waals surface area contributed by atoms with Crippen molar-refractivity contribution in [1.29, 1.82) is 0 Å². The summed E-state index contributed by atoms with van der Waals surface area (Å²) in [4.78, 5) is 12.8. The molecule has 0 atom stereocenters. The van der Waals surface area contributed by atoms with Gasteiger partial charge in [0.05, 0.1) is 0 Å². The Morgan fingerprint density at radius 1 is 1.10 bits per heavy atom. The minimum atomic E-state index is -0.833. The molecule has 1 heterocycles. The first kappa shape index (κ1) is 8.42. The number of hydrogen-bond acceptors (Lipinski definition) is 2. The largest absolute Gasteiger partial charge is 0.352 e. The molecule has 10 heavy (non-hydrogen) atoms. The van der Waals surface area contributed by atoms with Crippen LogP contribution in [0.4, 0.5) is 4.79 Å². The van der Waals surface area contributed by atoms with Crippen LogP contribution in [-0.2, 0) is 0 Å². The van der Waals surface area contributed by atoms with E-state index in [0.29, 0.717) is 0 Å². The minimum Gasteiger partial charge on any atom is -0.352 e. The van der Waals surface area contributed by atoms with Crippen molar-refractivity contribution < 1.29 is 4.79 Å². The number of urea groups is 1. The van der Waals surface area contributed by atoms with Crippen LogP contribution in [0.15, 0.2) is 30.6 Å². The molecule has 0 fully saturated rings. The highest BCUT2D eigenvalue weighted by atomic mass is 16.2. The maximum absolute atomic E-state index is 9.00. The summed E-state index contributed by atoms with van der Waals surface area (Å²) in [5.74, 6) is 0. The van der Waals surface area contributed by atoms with Crippen molar-refractivity contribution in [2.45, 2.75) is 0 Å². The van der Waals surface area contributed by atoms with E-state index < -0.39 is 6.03 Å². The van der Waals surface area contributed by atoms with Crippen LogP contribution in [-0.4, -0.2) is 11.0 Å². The number of aromatic nitrogens is 1. The van der Waals surface area contributed by atoms with Crippen LogP contribution in [0.5, 0.6) is 0 Å². The van der Waals surface area contributed by atoms with Crippen LogP contribution in [0.25, 0.3) is 0 Å². The zero-order valence-corrected chi connectivity index (χ0v) is 5.40. The predicted octanol–water partition coefficient (Wildman–Crippen LogP) is 0.105. The molecule has 4 N–H and O–H groups in total. The zero-order valence-electron chi connectivity index (χ0n) is 5.40. The van der Waals surface area contributed by atoms with Gasteiger partial charge in [0.2, 0.25) is 0 Å². The fraction of sp³-hybridized carbons (Fsp3) is 0. The summed E-state index contributed by atoms with van der Waals surface area (Å²) in [5.41, 5.74) is 8.50. The van der Waals surface area contributed by atoms with Crippen molar-refractivity contribution >= 4 is 6.03 Å². The summed E-state index contributed by atoms with van der Waals surface area (Å²) in [6, 6.07) is 4.88. The van der Waals surface area contributed by atoms with Crippen molar-refractivity contribution in [3.8, 4) is 0 Å². The second-order valence-electron chi connectivity index (χ2n) is 1.43. The fourth-order valence-electron chi connectivity index (χ4n) is 0.313. The van der Waals surface area contributed by atoms with E-state index in [2.05, 4.69) is 16.5 Å². The summed E-state index contributed by atoms with van der Waals surface area (Å²) in [6.45, 7) is 0. The van der Waals surface area contributed by atoms with Gasteiger partial charge in [-0.3, -0.25) is 4.98 Å². The summed E-state index contributed by atoms with van der Waals surface area (Å²) in [5, 5.41) is 0. The van der Waals surface area contributed by atoms with E-state index in [1.54, 1.807) is 12.4 Å². The topological polar surface area (TPSA) is 82.0 Å². The molecule has 0 aromatic carbocycles. The van der Waals surface area contributed by atoms with Crippen molar-refractivity contribution in [1.82, 2.24) is 4.98 Å². The normalized spacial score (nSPS) is 7.20. The van der Waals surface area contributed by atoms with E-state index in [1.165, 1.54) is 0 Å². The SMILES string of the molecule is NC(N)=O.c1ccncc1. The highest BCUT2D eigenvalue weighted by Gasteiger charge is 1.60. The Balaban J connectivity index is 0.000000180. The lowest BCUT2D eigenvalue weighted by Gasteiger charge is -1.70. The standard InChI is InChI=1S/C5H5N.CH4N2O/c1-2-4-6-5-3-1;2-1(3)4/h1-5H;(H4,2,3,4). The number of rotatable bonds is 0. The molecule has 4 heteroatoms. The maximum Gasteiger partial charge on any atom is 0.309 e. The number of pyridine rings is 1. The van der Waals surface area contributed by atoms with E-state index in [1.807, 2.05) is 18.2 Å². The quantitative estimate of drug-likeness (QED) is 0.534.